The molecule has 0 saturated heterocycles. The van der Waals surface area contributed by atoms with Gasteiger partial charge >= 0.3 is 0 Å². The largest absolute Gasteiger partial charge is 0.313 e. The van der Waals surface area contributed by atoms with Crippen LogP contribution in [-0.2, 0) is 0 Å². The van der Waals surface area contributed by atoms with E-state index >= 15 is 0 Å². The summed E-state index contributed by atoms with van der Waals surface area (Å²) in [5.74, 6) is 0. The Labute approximate surface area is 64.3 Å². The summed E-state index contributed by atoms with van der Waals surface area (Å²) in [4.78, 5) is 0. The fourth-order valence-electron chi connectivity index (χ4n) is 0.358. The number of halogens is 1. The fraction of sp³-hybridized carbons (Fsp3) is 0.667. The van der Waals surface area contributed by atoms with E-state index in [-0.39, 0.29) is 6.04 Å². The molecule has 0 atom stereocenters. The molecule has 0 unspecified atom stereocenters. The van der Waals surface area contributed by atoms with Crippen molar-refractivity contribution in [1.82, 2.24) is 5.06 Å². The third-order valence-electron chi connectivity index (χ3n) is 0.930. The van der Waals surface area contributed by atoms with Crippen molar-refractivity contribution in [3.05, 3.63) is 11.1 Å². The third kappa shape index (κ3) is 4.63. The molecule has 54 valence electrons. The molecule has 2 nitrogen and oxygen atoms in total. The molecule has 0 rings (SSSR count). The lowest BCUT2D eigenvalue weighted by atomic mass is 10.4. The minimum absolute atomic E-state index is 0.152. The van der Waals surface area contributed by atoms with Crippen LogP contribution < -0.4 is 0 Å². The zero-order valence-corrected chi connectivity index (χ0v) is 7.35. The lowest BCUT2D eigenvalue weighted by Gasteiger charge is -2.17. The first-order chi connectivity index (χ1) is 4.04. The second-order valence-corrected chi connectivity index (χ2v) is 3.33. The Morgan fingerprint density at radius 1 is 1.78 bits per heavy atom. The van der Waals surface area contributed by atoms with Gasteiger partial charge in [-0.3, -0.25) is 0 Å². The summed E-state index contributed by atoms with van der Waals surface area (Å²) in [5.41, 5.74) is 0. The lowest BCUT2D eigenvalue weighted by Crippen LogP contribution is -2.27. The first kappa shape index (κ1) is 9.14. The minimum atomic E-state index is 0.152. The molecular weight excluding hydrogens is 182 g/mol. The molecule has 3 heteroatoms. The van der Waals surface area contributed by atoms with E-state index in [9.17, 15) is 0 Å². The first-order valence-electron chi connectivity index (χ1n) is 2.83. The fourth-order valence-corrected chi connectivity index (χ4v) is 0.615. The highest BCUT2D eigenvalue weighted by molar-refractivity contribution is 9.11. The zero-order chi connectivity index (χ0) is 7.44. The number of hydroxylamine groups is 2. The van der Waals surface area contributed by atoms with E-state index in [1.54, 1.807) is 0 Å². The van der Waals surface area contributed by atoms with Crippen LogP contribution in [0.3, 0.4) is 0 Å². The molecule has 0 aromatic rings. The van der Waals surface area contributed by atoms with E-state index in [0.717, 1.165) is 4.48 Å². The summed E-state index contributed by atoms with van der Waals surface area (Å²) in [5, 5.41) is 10.3. The highest BCUT2D eigenvalue weighted by Crippen LogP contribution is 2.04. The Hall–Kier alpha value is 0.140. The smallest absolute Gasteiger partial charge is 0.0551 e. The summed E-state index contributed by atoms with van der Waals surface area (Å²) in [6, 6.07) is 0.152. The summed E-state index contributed by atoms with van der Waals surface area (Å²) in [6.07, 6.45) is 0. The summed E-state index contributed by atoms with van der Waals surface area (Å²) >= 11 is 3.15. The van der Waals surface area contributed by atoms with Crippen LogP contribution in [0.2, 0.25) is 0 Å². The van der Waals surface area contributed by atoms with Crippen molar-refractivity contribution in [3.8, 4) is 0 Å². The average Bonchev–Trinajstić information content (AvgIpc) is 1.63. The van der Waals surface area contributed by atoms with Gasteiger partial charge in [0.1, 0.15) is 0 Å². The van der Waals surface area contributed by atoms with Crippen molar-refractivity contribution >= 4 is 15.9 Å². The maximum Gasteiger partial charge on any atom is 0.0551 e. The molecule has 0 aliphatic carbocycles. The lowest BCUT2D eigenvalue weighted by molar-refractivity contribution is -0.107. The van der Waals surface area contributed by atoms with Crippen molar-refractivity contribution in [2.24, 2.45) is 0 Å². The van der Waals surface area contributed by atoms with E-state index in [1.807, 2.05) is 13.8 Å². The molecule has 0 aromatic carbocycles. The van der Waals surface area contributed by atoms with Gasteiger partial charge in [-0.05, 0) is 13.8 Å². The maximum absolute atomic E-state index is 9.04. The van der Waals surface area contributed by atoms with Gasteiger partial charge in [-0.1, -0.05) is 22.5 Å². The highest BCUT2D eigenvalue weighted by atomic mass is 79.9. The molecule has 1 N–H and O–H groups in total. The van der Waals surface area contributed by atoms with Gasteiger partial charge in [0.2, 0.25) is 0 Å². The van der Waals surface area contributed by atoms with Gasteiger partial charge in [-0.15, -0.1) is 0 Å². The van der Waals surface area contributed by atoms with Gasteiger partial charge in [-0.25, -0.2) is 0 Å². The van der Waals surface area contributed by atoms with Crippen LogP contribution >= 0.6 is 15.9 Å². The highest BCUT2D eigenvalue weighted by Gasteiger charge is 2.03. The molecule has 0 aliphatic heterocycles. The number of hydrogen-bond donors (Lipinski definition) is 1. The van der Waals surface area contributed by atoms with Gasteiger partial charge in [0.25, 0.3) is 0 Å². The quantitative estimate of drug-likeness (QED) is 0.694. The van der Waals surface area contributed by atoms with E-state index < -0.39 is 0 Å². The monoisotopic (exact) mass is 193 g/mol. The van der Waals surface area contributed by atoms with Crippen LogP contribution in [0.5, 0.6) is 0 Å². The molecule has 0 amide bonds. The van der Waals surface area contributed by atoms with Gasteiger partial charge in [0.15, 0.2) is 0 Å². The molecule has 0 saturated carbocycles. The summed E-state index contributed by atoms with van der Waals surface area (Å²) in [7, 11) is 0. The molecule has 0 bridgehead atoms. The van der Waals surface area contributed by atoms with Crippen LogP contribution in [0.1, 0.15) is 13.8 Å². The molecular formula is C6H12BrNO. The predicted molar refractivity (Wildman–Crippen MR) is 41.7 cm³/mol. The maximum atomic E-state index is 9.04. The second-order valence-electron chi connectivity index (χ2n) is 2.21. The number of hydrogen-bond acceptors (Lipinski definition) is 2. The summed E-state index contributed by atoms with van der Waals surface area (Å²) in [6.45, 7) is 7.90. The SMILES string of the molecule is C=C(Br)CN(O)C(C)C. The predicted octanol–water partition coefficient (Wildman–Crippen LogP) is 1.99. The number of nitrogens with zero attached hydrogens (tertiary/aromatic N) is 1. The minimum Gasteiger partial charge on any atom is -0.313 e. The second kappa shape index (κ2) is 4.04. The Morgan fingerprint density at radius 2 is 2.22 bits per heavy atom. The Kier molecular flexibility index (Phi) is 4.10. The van der Waals surface area contributed by atoms with E-state index in [0.29, 0.717) is 6.54 Å². The zero-order valence-electron chi connectivity index (χ0n) is 5.76. The topological polar surface area (TPSA) is 23.5 Å². The molecule has 0 fully saturated rings. The average molecular weight is 194 g/mol. The number of rotatable bonds is 3. The van der Waals surface area contributed by atoms with Crippen LogP contribution in [0.15, 0.2) is 11.1 Å². The van der Waals surface area contributed by atoms with Gasteiger partial charge in [0, 0.05) is 10.5 Å². The van der Waals surface area contributed by atoms with Gasteiger partial charge in [-0.2, -0.15) is 5.06 Å². The molecule has 9 heavy (non-hydrogen) atoms. The van der Waals surface area contributed by atoms with E-state index in [2.05, 4.69) is 22.5 Å². The molecule has 0 radical (unpaired) electrons. The van der Waals surface area contributed by atoms with Gasteiger partial charge < -0.3 is 5.21 Å². The molecule has 0 spiro atoms. The molecule has 0 aliphatic rings. The van der Waals surface area contributed by atoms with Crippen molar-refractivity contribution in [1.29, 1.82) is 0 Å². The summed E-state index contributed by atoms with van der Waals surface area (Å²) < 4.78 is 0.790. The van der Waals surface area contributed by atoms with E-state index in [4.69, 9.17) is 5.21 Å². The van der Waals surface area contributed by atoms with Gasteiger partial charge in [0.05, 0.1) is 6.54 Å². The van der Waals surface area contributed by atoms with Crippen LogP contribution in [-0.4, -0.2) is 22.9 Å². The third-order valence-corrected chi connectivity index (χ3v) is 1.18. The first-order valence-corrected chi connectivity index (χ1v) is 3.62. The molecule has 0 aromatic heterocycles. The Balaban J connectivity index is 3.50. The normalized spacial score (nSPS) is 10.9. The van der Waals surface area contributed by atoms with Crippen LogP contribution in [0.4, 0.5) is 0 Å². The standard InChI is InChI=1S/C6H12BrNO/c1-5(2)8(9)4-6(3)7/h5,9H,3-4H2,1-2H3. The van der Waals surface area contributed by atoms with Crippen molar-refractivity contribution in [3.63, 3.8) is 0 Å². The van der Waals surface area contributed by atoms with Crippen molar-refractivity contribution in [2.75, 3.05) is 6.54 Å². The Bertz CT molecular complexity index is 103. The van der Waals surface area contributed by atoms with Crippen molar-refractivity contribution in [2.45, 2.75) is 19.9 Å². The Morgan fingerprint density at radius 3 is 2.33 bits per heavy atom. The van der Waals surface area contributed by atoms with Crippen molar-refractivity contribution < 1.29 is 5.21 Å². The molecule has 0 heterocycles. The van der Waals surface area contributed by atoms with E-state index in [1.165, 1.54) is 5.06 Å². The van der Waals surface area contributed by atoms with Crippen LogP contribution in [0, 0.1) is 0 Å². The van der Waals surface area contributed by atoms with Crippen LogP contribution in [0.25, 0.3) is 0 Å².